The molecule has 2 rings (SSSR count). The number of hydrogen-bond donors (Lipinski definition) is 1. The maximum atomic E-state index is 11.4. The highest BCUT2D eigenvalue weighted by Gasteiger charge is 2.19. The largest absolute Gasteiger partial charge is 0.488 e. The molecule has 1 aromatic rings. The van der Waals surface area contributed by atoms with Crippen LogP contribution in [0.25, 0.3) is 0 Å². The molecule has 116 valence electrons. The topological polar surface area (TPSA) is 98.5 Å². The van der Waals surface area contributed by atoms with Gasteiger partial charge in [-0.3, -0.25) is 14.8 Å². The summed E-state index contributed by atoms with van der Waals surface area (Å²) in [5.41, 5.74) is -0.0746. The highest BCUT2D eigenvalue weighted by Crippen LogP contribution is 2.32. The van der Waals surface area contributed by atoms with Gasteiger partial charge in [0.05, 0.1) is 23.0 Å². The van der Waals surface area contributed by atoms with Gasteiger partial charge in [-0.1, -0.05) is 6.42 Å². The molecule has 8 heteroatoms. The normalized spacial score (nSPS) is 16.4. The van der Waals surface area contributed by atoms with Gasteiger partial charge in [0.2, 0.25) is 10.0 Å². The van der Waals surface area contributed by atoms with Gasteiger partial charge in [0.1, 0.15) is 5.75 Å². The van der Waals surface area contributed by atoms with Gasteiger partial charge >= 0.3 is 0 Å². The zero-order valence-corrected chi connectivity index (χ0v) is 12.6. The Kier molecular flexibility index (Phi) is 4.66. The molecule has 0 atom stereocenters. The lowest BCUT2D eigenvalue weighted by molar-refractivity contribution is -0.384. The zero-order chi connectivity index (χ0) is 15.5. The first-order chi connectivity index (χ1) is 9.85. The second-order valence-electron chi connectivity index (χ2n) is 5.19. The van der Waals surface area contributed by atoms with Gasteiger partial charge in [0.25, 0.3) is 5.69 Å². The number of benzene rings is 1. The van der Waals surface area contributed by atoms with Crippen molar-refractivity contribution in [2.45, 2.75) is 38.2 Å². The molecule has 1 aliphatic rings. The quantitative estimate of drug-likeness (QED) is 0.665. The van der Waals surface area contributed by atoms with Gasteiger partial charge in [0, 0.05) is 12.1 Å². The second kappa shape index (κ2) is 6.30. The van der Waals surface area contributed by atoms with Crippen molar-refractivity contribution >= 4 is 21.4 Å². The summed E-state index contributed by atoms with van der Waals surface area (Å²) in [5.74, 6) is 0.331. The van der Waals surface area contributed by atoms with E-state index in [9.17, 15) is 18.5 Å². The van der Waals surface area contributed by atoms with E-state index in [2.05, 4.69) is 4.72 Å². The maximum absolute atomic E-state index is 11.4. The fourth-order valence-corrected chi connectivity index (χ4v) is 2.94. The zero-order valence-electron chi connectivity index (χ0n) is 11.7. The van der Waals surface area contributed by atoms with Crippen molar-refractivity contribution in [3.63, 3.8) is 0 Å². The van der Waals surface area contributed by atoms with Crippen molar-refractivity contribution in [2.75, 3.05) is 11.0 Å². The number of anilines is 1. The minimum absolute atomic E-state index is 0.0281. The Labute approximate surface area is 123 Å². The molecule has 1 N–H and O–H groups in total. The van der Waals surface area contributed by atoms with Crippen LogP contribution >= 0.6 is 0 Å². The number of hydrogen-bond acceptors (Lipinski definition) is 5. The predicted octanol–water partition coefficient (Wildman–Crippen LogP) is 2.68. The third kappa shape index (κ3) is 4.59. The molecule has 1 aromatic carbocycles. The van der Waals surface area contributed by atoms with Crippen molar-refractivity contribution in [3.8, 4) is 5.75 Å². The van der Waals surface area contributed by atoms with Gasteiger partial charge < -0.3 is 4.74 Å². The van der Waals surface area contributed by atoms with E-state index in [1.807, 2.05) is 0 Å². The number of non-ortho nitro benzene ring substituents is 1. The molecule has 1 saturated carbocycles. The first-order valence-corrected chi connectivity index (χ1v) is 8.67. The number of nitrogens with zero attached hydrogens (tertiary/aromatic N) is 1. The summed E-state index contributed by atoms with van der Waals surface area (Å²) in [6.45, 7) is 0. The third-order valence-corrected chi connectivity index (χ3v) is 3.91. The molecule has 0 heterocycles. The molecule has 0 amide bonds. The average Bonchev–Trinajstić information content (AvgIpc) is 2.40. The minimum atomic E-state index is -3.54. The molecule has 0 spiro atoms. The summed E-state index contributed by atoms with van der Waals surface area (Å²) in [4.78, 5) is 10.2. The standard InChI is InChI=1S/C13H18N2O5S/c1-21(18,19)14-12-9-10(15(16)17)7-8-13(12)20-11-5-3-2-4-6-11/h7-9,11,14H,2-6H2,1H3. The van der Waals surface area contributed by atoms with E-state index >= 15 is 0 Å². The van der Waals surface area contributed by atoms with E-state index in [1.165, 1.54) is 24.6 Å². The lowest BCUT2D eigenvalue weighted by Crippen LogP contribution is -2.21. The Balaban J connectivity index is 2.27. The summed E-state index contributed by atoms with van der Waals surface area (Å²) in [7, 11) is -3.54. The summed E-state index contributed by atoms with van der Waals surface area (Å²) >= 11 is 0. The van der Waals surface area contributed by atoms with E-state index in [0.29, 0.717) is 5.75 Å². The maximum Gasteiger partial charge on any atom is 0.271 e. The van der Waals surface area contributed by atoms with Crippen molar-refractivity contribution in [2.24, 2.45) is 0 Å². The number of nitro benzene ring substituents is 1. The van der Waals surface area contributed by atoms with Gasteiger partial charge in [0.15, 0.2) is 0 Å². The Morgan fingerprint density at radius 3 is 2.52 bits per heavy atom. The van der Waals surface area contributed by atoms with Crippen LogP contribution in [0.15, 0.2) is 18.2 Å². The Bertz CT molecular complexity index is 623. The van der Waals surface area contributed by atoms with Gasteiger partial charge in [-0.25, -0.2) is 8.42 Å². The van der Waals surface area contributed by atoms with E-state index in [-0.39, 0.29) is 17.5 Å². The molecule has 1 fully saturated rings. The van der Waals surface area contributed by atoms with Crippen LogP contribution in [-0.2, 0) is 10.0 Å². The highest BCUT2D eigenvalue weighted by molar-refractivity contribution is 7.92. The minimum Gasteiger partial charge on any atom is -0.488 e. The summed E-state index contributed by atoms with van der Waals surface area (Å²) in [6.07, 6.45) is 6.18. The summed E-state index contributed by atoms with van der Waals surface area (Å²) in [5, 5.41) is 10.8. The molecule has 7 nitrogen and oxygen atoms in total. The molecule has 0 aliphatic heterocycles. The number of nitrogens with one attached hydrogen (secondary N) is 1. The lowest BCUT2D eigenvalue weighted by Gasteiger charge is -2.24. The Morgan fingerprint density at radius 2 is 1.95 bits per heavy atom. The Morgan fingerprint density at radius 1 is 1.29 bits per heavy atom. The summed E-state index contributed by atoms with van der Waals surface area (Å²) in [6, 6.07) is 3.94. The monoisotopic (exact) mass is 314 g/mol. The number of ether oxygens (including phenoxy) is 1. The smallest absolute Gasteiger partial charge is 0.271 e. The highest BCUT2D eigenvalue weighted by atomic mass is 32.2. The van der Waals surface area contributed by atoms with Crippen LogP contribution in [0.3, 0.4) is 0 Å². The molecular weight excluding hydrogens is 296 g/mol. The van der Waals surface area contributed by atoms with Crippen LogP contribution < -0.4 is 9.46 Å². The third-order valence-electron chi connectivity index (χ3n) is 3.32. The van der Waals surface area contributed by atoms with E-state index in [1.54, 1.807) is 0 Å². The van der Waals surface area contributed by atoms with E-state index in [4.69, 9.17) is 4.74 Å². The average molecular weight is 314 g/mol. The van der Waals surface area contributed by atoms with Crippen LogP contribution in [0.4, 0.5) is 11.4 Å². The molecular formula is C13H18N2O5S. The fraction of sp³-hybridized carbons (Fsp3) is 0.538. The second-order valence-corrected chi connectivity index (χ2v) is 6.94. The van der Waals surface area contributed by atoms with Crippen molar-refractivity contribution < 1.29 is 18.1 Å². The molecule has 1 aliphatic carbocycles. The van der Waals surface area contributed by atoms with Crippen LogP contribution in [-0.4, -0.2) is 25.7 Å². The van der Waals surface area contributed by atoms with Crippen molar-refractivity contribution in [1.29, 1.82) is 0 Å². The van der Waals surface area contributed by atoms with Gasteiger partial charge in [-0.2, -0.15) is 0 Å². The molecule has 0 unspecified atom stereocenters. The first-order valence-electron chi connectivity index (χ1n) is 6.78. The molecule has 0 bridgehead atoms. The van der Waals surface area contributed by atoms with Crippen LogP contribution in [0.2, 0.25) is 0 Å². The Hall–Kier alpha value is -1.83. The number of sulfonamides is 1. The number of nitro groups is 1. The van der Waals surface area contributed by atoms with Crippen LogP contribution in [0.5, 0.6) is 5.75 Å². The van der Waals surface area contributed by atoms with Crippen LogP contribution in [0, 0.1) is 10.1 Å². The predicted molar refractivity (Wildman–Crippen MR) is 79.1 cm³/mol. The first kappa shape index (κ1) is 15.6. The van der Waals surface area contributed by atoms with Crippen molar-refractivity contribution in [1.82, 2.24) is 0 Å². The van der Waals surface area contributed by atoms with Gasteiger partial charge in [-0.15, -0.1) is 0 Å². The van der Waals surface area contributed by atoms with Gasteiger partial charge in [-0.05, 0) is 31.7 Å². The lowest BCUT2D eigenvalue weighted by atomic mass is 9.98. The SMILES string of the molecule is CS(=O)(=O)Nc1cc([N+](=O)[O-])ccc1OC1CCCCC1. The van der Waals surface area contributed by atoms with E-state index in [0.717, 1.165) is 31.9 Å². The van der Waals surface area contributed by atoms with Crippen LogP contribution in [0.1, 0.15) is 32.1 Å². The fourth-order valence-electron chi connectivity index (χ4n) is 2.38. The molecule has 21 heavy (non-hydrogen) atoms. The number of rotatable bonds is 5. The molecule has 0 aromatic heterocycles. The van der Waals surface area contributed by atoms with E-state index < -0.39 is 14.9 Å². The molecule has 0 saturated heterocycles. The molecule has 0 radical (unpaired) electrons. The van der Waals surface area contributed by atoms with Crippen molar-refractivity contribution in [3.05, 3.63) is 28.3 Å². The summed E-state index contributed by atoms with van der Waals surface area (Å²) < 4.78 is 30.9.